The van der Waals surface area contributed by atoms with Gasteiger partial charge in [0.2, 0.25) is 0 Å². The number of benzene rings is 1. The Labute approximate surface area is 114 Å². The van der Waals surface area contributed by atoms with Crippen molar-refractivity contribution in [2.75, 3.05) is 10.6 Å². The molecule has 0 aliphatic carbocycles. The van der Waals surface area contributed by atoms with Crippen molar-refractivity contribution in [3.05, 3.63) is 36.2 Å². The standard InChI is InChI=1S/C13H13N3O4/c1-7-2-3-8(6-14-7)15-13(20)16-9-4-10(17)12(19)11(18)5-9/h2-6,17-19H,1H3,(H2,15,16,20). The number of phenolic OH excluding ortho intramolecular Hbond substituents is 3. The van der Waals surface area contributed by atoms with Crippen LogP contribution in [0.25, 0.3) is 0 Å². The fraction of sp³-hybridized carbons (Fsp3) is 0.0769. The lowest BCUT2D eigenvalue weighted by molar-refractivity contribution is 0.262. The van der Waals surface area contributed by atoms with Gasteiger partial charge in [-0.1, -0.05) is 0 Å². The summed E-state index contributed by atoms with van der Waals surface area (Å²) in [5.74, 6) is -1.70. The largest absolute Gasteiger partial charge is 0.504 e. The topological polar surface area (TPSA) is 115 Å². The zero-order valence-electron chi connectivity index (χ0n) is 10.6. The highest BCUT2D eigenvalue weighted by Gasteiger charge is 2.10. The summed E-state index contributed by atoms with van der Waals surface area (Å²) in [7, 11) is 0. The molecule has 0 atom stereocenters. The molecule has 0 fully saturated rings. The van der Waals surface area contributed by atoms with E-state index in [4.69, 9.17) is 0 Å². The van der Waals surface area contributed by atoms with Gasteiger partial charge in [0.05, 0.1) is 17.6 Å². The second-order valence-electron chi connectivity index (χ2n) is 4.13. The molecule has 0 spiro atoms. The molecule has 1 heterocycles. The monoisotopic (exact) mass is 275 g/mol. The summed E-state index contributed by atoms with van der Waals surface area (Å²) in [6.07, 6.45) is 1.50. The van der Waals surface area contributed by atoms with Crippen molar-refractivity contribution in [3.8, 4) is 17.2 Å². The number of hydrogen-bond acceptors (Lipinski definition) is 5. The van der Waals surface area contributed by atoms with Crippen LogP contribution in [-0.4, -0.2) is 26.3 Å². The third kappa shape index (κ3) is 3.08. The minimum Gasteiger partial charge on any atom is -0.504 e. The Morgan fingerprint density at radius 2 is 1.65 bits per heavy atom. The molecule has 0 saturated heterocycles. The van der Waals surface area contributed by atoms with E-state index in [0.717, 1.165) is 17.8 Å². The second-order valence-corrected chi connectivity index (χ2v) is 4.13. The molecular formula is C13H13N3O4. The number of nitrogens with one attached hydrogen (secondary N) is 2. The van der Waals surface area contributed by atoms with Crippen LogP contribution < -0.4 is 10.6 Å². The van der Waals surface area contributed by atoms with Crippen molar-refractivity contribution in [2.45, 2.75) is 6.92 Å². The molecule has 104 valence electrons. The van der Waals surface area contributed by atoms with Gasteiger partial charge in [-0.2, -0.15) is 0 Å². The molecule has 0 bridgehead atoms. The third-order valence-corrected chi connectivity index (χ3v) is 2.50. The number of nitrogens with zero attached hydrogens (tertiary/aromatic N) is 1. The van der Waals surface area contributed by atoms with E-state index in [1.807, 2.05) is 6.92 Å². The summed E-state index contributed by atoms with van der Waals surface area (Å²) < 4.78 is 0. The van der Waals surface area contributed by atoms with Crippen LogP contribution in [0.2, 0.25) is 0 Å². The number of urea groups is 1. The number of pyridine rings is 1. The Morgan fingerprint density at radius 1 is 1.05 bits per heavy atom. The van der Waals surface area contributed by atoms with Crippen molar-refractivity contribution in [1.29, 1.82) is 0 Å². The van der Waals surface area contributed by atoms with Crippen LogP contribution in [0.4, 0.5) is 16.2 Å². The summed E-state index contributed by atoms with van der Waals surface area (Å²) in [6, 6.07) is 5.09. The second kappa shape index (κ2) is 5.35. The van der Waals surface area contributed by atoms with Crippen LogP contribution in [-0.2, 0) is 0 Å². The molecule has 0 unspecified atom stereocenters. The lowest BCUT2D eigenvalue weighted by atomic mass is 10.2. The molecular weight excluding hydrogens is 262 g/mol. The van der Waals surface area contributed by atoms with Gasteiger partial charge < -0.3 is 26.0 Å². The number of aromatic nitrogens is 1. The van der Waals surface area contributed by atoms with Crippen molar-refractivity contribution >= 4 is 17.4 Å². The van der Waals surface area contributed by atoms with Crippen molar-refractivity contribution in [3.63, 3.8) is 0 Å². The number of carbonyl (C=O) groups is 1. The van der Waals surface area contributed by atoms with E-state index in [2.05, 4.69) is 15.6 Å². The van der Waals surface area contributed by atoms with Crippen molar-refractivity contribution in [2.24, 2.45) is 0 Å². The quantitative estimate of drug-likeness (QED) is 0.425. The van der Waals surface area contributed by atoms with E-state index in [-0.39, 0.29) is 5.69 Å². The predicted molar refractivity (Wildman–Crippen MR) is 73.1 cm³/mol. The highest BCUT2D eigenvalue weighted by atomic mass is 16.3. The number of rotatable bonds is 2. The minimum absolute atomic E-state index is 0.135. The number of anilines is 2. The summed E-state index contributed by atoms with van der Waals surface area (Å²) in [5, 5.41) is 32.8. The van der Waals surface area contributed by atoms with Gasteiger partial charge in [0.25, 0.3) is 0 Å². The molecule has 1 aromatic carbocycles. The lowest BCUT2D eigenvalue weighted by Gasteiger charge is -2.09. The molecule has 20 heavy (non-hydrogen) atoms. The van der Waals surface area contributed by atoms with Gasteiger partial charge in [-0.05, 0) is 19.1 Å². The van der Waals surface area contributed by atoms with Gasteiger partial charge in [-0.15, -0.1) is 0 Å². The maximum atomic E-state index is 11.7. The smallest absolute Gasteiger partial charge is 0.323 e. The molecule has 0 aliphatic rings. The Bertz CT molecular complexity index is 618. The Kier molecular flexibility index (Phi) is 3.60. The summed E-state index contributed by atoms with van der Waals surface area (Å²) >= 11 is 0. The van der Waals surface area contributed by atoms with Gasteiger partial charge in [-0.25, -0.2) is 4.79 Å². The van der Waals surface area contributed by atoms with Gasteiger partial charge in [0.15, 0.2) is 17.2 Å². The maximum Gasteiger partial charge on any atom is 0.323 e. The van der Waals surface area contributed by atoms with Crippen LogP contribution in [0.1, 0.15) is 5.69 Å². The maximum absolute atomic E-state index is 11.7. The molecule has 2 amide bonds. The molecule has 0 radical (unpaired) electrons. The highest BCUT2D eigenvalue weighted by molar-refractivity contribution is 6.00. The average Bonchev–Trinajstić information content (AvgIpc) is 2.38. The zero-order chi connectivity index (χ0) is 14.7. The number of carbonyl (C=O) groups excluding carboxylic acids is 1. The molecule has 2 aromatic rings. The first-order valence-electron chi connectivity index (χ1n) is 5.71. The SMILES string of the molecule is Cc1ccc(NC(=O)Nc2cc(O)c(O)c(O)c2)cn1. The van der Waals surface area contributed by atoms with Gasteiger partial charge in [-0.3, -0.25) is 4.98 Å². The first kappa shape index (κ1) is 13.5. The van der Waals surface area contributed by atoms with E-state index in [9.17, 15) is 20.1 Å². The molecule has 5 N–H and O–H groups in total. The number of hydrogen-bond donors (Lipinski definition) is 5. The van der Waals surface area contributed by atoms with Crippen LogP contribution in [0.3, 0.4) is 0 Å². The Balaban J connectivity index is 2.06. The van der Waals surface area contributed by atoms with Crippen LogP contribution in [0.15, 0.2) is 30.5 Å². The molecule has 2 rings (SSSR count). The highest BCUT2D eigenvalue weighted by Crippen LogP contribution is 2.37. The summed E-state index contributed by atoms with van der Waals surface area (Å²) in [6.45, 7) is 1.83. The third-order valence-electron chi connectivity index (χ3n) is 2.50. The molecule has 1 aromatic heterocycles. The number of amides is 2. The number of phenols is 3. The van der Waals surface area contributed by atoms with Crippen molar-refractivity contribution < 1.29 is 20.1 Å². The van der Waals surface area contributed by atoms with E-state index < -0.39 is 23.3 Å². The van der Waals surface area contributed by atoms with Crippen LogP contribution >= 0.6 is 0 Å². The van der Waals surface area contributed by atoms with E-state index in [1.54, 1.807) is 12.1 Å². The average molecular weight is 275 g/mol. The van der Waals surface area contributed by atoms with E-state index in [1.165, 1.54) is 6.20 Å². The molecule has 7 heteroatoms. The first-order chi connectivity index (χ1) is 9.45. The summed E-state index contributed by atoms with van der Waals surface area (Å²) in [5.41, 5.74) is 1.46. The lowest BCUT2D eigenvalue weighted by Crippen LogP contribution is -2.19. The Hall–Kier alpha value is -2.96. The number of aromatic hydroxyl groups is 3. The minimum atomic E-state index is -0.640. The van der Waals surface area contributed by atoms with Gasteiger partial charge in [0.1, 0.15) is 0 Å². The molecule has 0 aliphatic heterocycles. The van der Waals surface area contributed by atoms with Gasteiger partial charge in [0, 0.05) is 17.8 Å². The predicted octanol–water partition coefficient (Wildman–Crippen LogP) is 2.15. The van der Waals surface area contributed by atoms with E-state index >= 15 is 0 Å². The zero-order valence-corrected chi connectivity index (χ0v) is 10.6. The van der Waals surface area contributed by atoms with Crippen molar-refractivity contribution in [1.82, 2.24) is 4.98 Å². The summed E-state index contributed by atoms with van der Waals surface area (Å²) in [4.78, 5) is 15.7. The number of aryl methyl sites for hydroxylation is 1. The first-order valence-corrected chi connectivity index (χ1v) is 5.71. The van der Waals surface area contributed by atoms with Gasteiger partial charge >= 0.3 is 6.03 Å². The fourth-order valence-corrected chi connectivity index (χ4v) is 1.51. The van der Waals surface area contributed by atoms with Crippen LogP contribution in [0, 0.1) is 6.92 Å². The normalized spacial score (nSPS) is 10.1. The fourth-order valence-electron chi connectivity index (χ4n) is 1.51. The van der Waals surface area contributed by atoms with Crippen LogP contribution in [0.5, 0.6) is 17.2 Å². The molecule has 0 saturated carbocycles. The molecule has 7 nitrogen and oxygen atoms in total. The van der Waals surface area contributed by atoms with E-state index in [0.29, 0.717) is 5.69 Å². The Morgan fingerprint density at radius 3 is 2.20 bits per heavy atom.